The van der Waals surface area contributed by atoms with Crippen LogP contribution in [0.1, 0.15) is 95.9 Å². The largest absolute Gasteiger partial charge is 0.497 e. The Morgan fingerprint density at radius 1 is 0.325 bits per heavy atom. The van der Waals surface area contributed by atoms with Crippen LogP contribution in [0.4, 0.5) is 0 Å². The number of hydrogen-bond acceptors (Lipinski definition) is 24. The van der Waals surface area contributed by atoms with Crippen LogP contribution in [0.5, 0.6) is 23.0 Å². The Kier molecular flexibility index (Phi) is 22.3. The molecule has 8 aromatic carbocycles. The summed E-state index contributed by atoms with van der Waals surface area (Å²) in [5.41, 5.74) is 15.7. The van der Waals surface area contributed by atoms with Gasteiger partial charge in [-0.3, -0.25) is 19.2 Å². The van der Waals surface area contributed by atoms with Crippen LogP contribution < -0.4 is 18.9 Å². The number of ether oxygens (including phenoxy) is 4. The van der Waals surface area contributed by atoms with Gasteiger partial charge in [0.2, 0.25) is 46.9 Å². The molecule has 4 aliphatic carbocycles. The number of carbonyl (C=O) groups is 4. The molecule has 4 fully saturated rings. The Bertz CT molecular complexity index is 5490. The fraction of sp³-hybridized carbons (Fsp3) is 0.348. The molecule has 4 N–H and O–H groups in total. The van der Waals surface area contributed by atoms with Gasteiger partial charge in [0.25, 0.3) is 23.6 Å². The van der Waals surface area contributed by atoms with E-state index in [2.05, 4.69) is 64.8 Å². The fourth-order valence-electron chi connectivity index (χ4n) is 19.5. The van der Waals surface area contributed by atoms with Crippen molar-refractivity contribution in [3.63, 3.8) is 0 Å². The summed E-state index contributed by atoms with van der Waals surface area (Å²) in [7, 11) is 6.47. The molecule has 28 heteroatoms. The third-order valence-corrected chi connectivity index (χ3v) is 25.2. The number of aromatic nitrogens is 8. The number of benzene rings is 8. The third kappa shape index (κ3) is 14.9. The number of aliphatic hydroxyl groups is 4. The van der Waals surface area contributed by atoms with Gasteiger partial charge in [0.1, 0.15) is 23.0 Å². The molecule has 0 unspecified atom stereocenters. The highest BCUT2D eigenvalue weighted by atomic mass is 16.5. The number of carbonyl (C=O) groups excluding carboxylic acids is 4. The van der Waals surface area contributed by atoms with E-state index in [1.807, 2.05) is 146 Å². The molecule has 8 aliphatic rings. The lowest BCUT2D eigenvalue weighted by atomic mass is 9.80. The van der Waals surface area contributed by atoms with Gasteiger partial charge in [-0.1, -0.05) is 130 Å². The van der Waals surface area contributed by atoms with Gasteiger partial charge in [0.15, 0.2) is 0 Å². The van der Waals surface area contributed by atoms with Crippen LogP contribution in [0.3, 0.4) is 0 Å². The van der Waals surface area contributed by atoms with Crippen LogP contribution >= 0.6 is 0 Å². The lowest BCUT2D eigenvalue weighted by Gasteiger charge is -2.24. The van der Waals surface area contributed by atoms with Gasteiger partial charge in [0.05, 0.1) is 66.0 Å². The molecule has 0 radical (unpaired) electrons. The first kappa shape index (κ1) is 79.7. The van der Waals surface area contributed by atoms with Crippen molar-refractivity contribution in [2.75, 3.05) is 107 Å². The van der Waals surface area contributed by atoms with Crippen LogP contribution in [-0.4, -0.2) is 211 Å². The average Bonchev–Trinajstić information content (AvgIpc) is 1.60. The molecule has 20 rings (SSSR count). The van der Waals surface area contributed by atoms with Crippen molar-refractivity contribution in [2.45, 2.75) is 98.7 Å². The second kappa shape index (κ2) is 33.6. The zero-order chi connectivity index (χ0) is 82.9. The van der Waals surface area contributed by atoms with Crippen molar-refractivity contribution in [3.05, 3.63) is 214 Å². The monoisotopic (exact) mass is 1620 g/mol. The van der Waals surface area contributed by atoms with E-state index in [-0.39, 0.29) is 71.7 Å². The molecular weight excluding hydrogens is 1530 g/mol. The Labute approximate surface area is 691 Å². The van der Waals surface area contributed by atoms with E-state index in [0.717, 1.165) is 107 Å². The quantitative estimate of drug-likeness (QED) is 0.0550. The van der Waals surface area contributed by atoms with Crippen LogP contribution in [0.25, 0.3) is 91.4 Å². The van der Waals surface area contributed by atoms with Gasteiger partial charge in [0, 0.05) is 133 Å². The minimum Gasteiger partial charge on any atom is -0.497 e. The smallest absolute Gasteiger partial charge is 0.262 e. The first-order valence-corrected chi connectivity index (χ1v) is 40.5. The summed E-state index contributed by atoms with van der Waals surface area (Å²) < 4.78 is 43.6. The summed E-state index contributed by atoms with van der Waals surface area (Å²) in [5.74, 6) is 7.18. The maximum Gasteiger partial charge on any atom is 0.262 e. The molecule has 12 aromatic rings. The van der Waals surface area contributed by atoms with Gasteiger partial charge < -0.3 is 77.1 Å². The predicted molar refractivity (Wildman–Crippen MR) is 440 cm³/mol. The number of amides is 4. The number of aliphatic hydroxyl groups excluding tert-OH is 4. The van der Waals surface area contributed by atoms with Crippen molar-refractivity contribution in [1.29, 1.82) is 0 Å². The summed E-state index contributed by atoms with van der Waals surface area (Å²) in [5, 5.41) is 54.0. The molecule has 4 aromatic heterocycles. The average molecular weight is 1620 g/mol. The molecule has 120 heavy (non-hydrogen) atoms. The summed E-state index contributed by atoms with van der Waals surface area (Å²) in [6, 6.07) is 54.7. The third-order valence-electron chi connectivity index (χ3n) is 25.2. The van der Waals surface area contributed by atoms with Gasteiger partial charge >= 0.3 is 0 Å². The summed E-state index contributed by atoms with van der Waals surface area (Å²) in [4.78, 5) is 75.5. The maximum atomic E-state index is 12.5. The zero-order valence-corrected chi connectivity index (χ0v) is 67.2. The van der Waals surface area contributed by atoms with Gasteiger partial charge in [-0.15, -0.1) is 0 Å². The number of fused-ring (bicyclic) bond motifs is 8. The highest BCUT2D eigenvalue weighted by Crippen LogP contribution is 2.53. The molecule has 0 saturated carbocycles. The number of likely N-dealkylation sites (tertiary alicyclic amines) is 4. The second-order valence-electron chi connectivity index (χ2n) is 31.9. The molecule has 8 heterocycles. The molecule has 4 saturated heterocycles. The van der Waals surface area contributed by atoms with E-state index in [4.69, 9.17) is 37.0 Å². The number of rotatable bonds is 20. The fourth-order valence-corrected chi connectivity index (χ4v) is 19.5. The van der Waals surface area contributed by atoms with Crippen molar-refractivity contribution in [1.82, 2.24) is 60.2 Å². The van der Waals surface area contributed by atoms with Crippen molar-refractivity contribution in [2.24, 2.45) is 0 Å². The lowest BCUT2D eigenvalue weighted by Crippen LogP contribution is -2.32. The summed E-state index contributed by atoms with van der Waals surface area (Å²) in [6.07, 6.45) is 9.06. The number of methoxy groups -OCH3 is 4. The van der Waals surface area contributed by atoms with Crippen molar-refractivity contribution < 1.29 is 76.6 Å². The van der Waals surface area contributed by atoms with Crippen LogP contribution in [-0.2, 0) is 66.5 Å². The molecule has 28 nitrogen and oxygen atoms in total. The van der Waals surface area contributed by atoms with E-state index in [0.29, 0.717) is 136 Å². The Balaban J connectivity index is 0.000000114. The molecule has 4 amide bonds. The summed E-state index contributed by atoms with van der Waals surface area (Å²) >= 11 is 0. The van der Waals surface area contributed by atoms with Crippen LogP contribution in [0.2, 0.25) is 0 Å². The Morgan fingerprint density at radius 2 is 0.592 bits per heavy atom. The second-order valence-corrected chi connectivity index (χ2v) is 31.9. The molecule has 4 aliphatic heterocycles. The van der Waals surface area contributed by atoms with Crippen LogP contribution in [0.15, 0.2) is 188 Å². The zero-order valence-electron chi connectivity index (χ0n) is 67.2. The normalized spacial score (nSPS) is 20.2. The number of hydrogen-bond donors (Lipinski definition) is 4. The lowest BCUT2D eigenvalue weighted by molar-refractivity contribution is -0.128. The highest BCUT2D eigenvalue weighted by Gasteiger charge is 2.53. The predicted octanol–water partition coefficient (Wildman–Crippen LogP) is 11.3. The van der Waals surface area contributed by atoms with E-state index in [1.54, 1.807) is 48.0 Å². The Hall–Kier alpha value is -12.8. The molecular formula is C92H92N12O16. The Morgan fingerprint density at radius 3 is 0.875 bits per heavy atom. The standard InChI is InChI=1S/4C23H23N3O4/c2*1-29-16-5-2-4-15(12-16)22-24-21(25-30-22)18-6-3-7-19-17(18)8-9-23(19)13-20(28)26(14-23)10-11-27;2*1-29-19-8-3-2-5-17(19)22-24-21(25-30-22)16-6-4-7-18-15(16)9-10-23(18)13-20(28)26(14-23)11-12-27/h2*2-7,12,27H,8-11,13-14H2,1H3;2*2-8,27H,9-14H2,1H3/t4*23-/m1010/s1. The topological polar surface area (TPSA) is 355 Å². The molecule has 616 valence electrons. The minimum atomic E-state index is -0.188. The van der Waals surface area contributed by atoms with E-state index in [1.165, 1.54) is 44.5 Å². The molecule has 0 bridgehead atoms. The van der Waals surface area contributed by atoms with Gasteiger partial charge in [-0.25, -0.2) is 0 Å². The van der Waals surface area contributed by atoms with Gasteiger partial charge in [-0.2, -0.15) is 19.9 Å². The van der Waals surface area contributed by atoms with E-state index in [9.17, 15) is 39.6 Å². The maximum absolute atomic E-state index is 12.5. The highest BCUT2D eigenvalue weighted by molar-refractivity contribution is 5.86. The van der Waals surface area contributed by atoms with Crippen molar-refractivity contribution >= 4 is 23.6 Å². The number of β-amino-alcohol motifs (C(OH)–C–C–N with tert-alkyl or cyclic N) is 4. The van der Waals surface area contributed by atoms with Gasteiger partial charge in [-0.05, 0) is 157 Å². The minimum absolute atomic E-state index is 0.00930. The number of para-hydroxylation sites is 2. The van der Waals surface area contributed by atoms with E-state index >= 15 is 0 Å². The molecule has 4 atom stereocenters. The SMILES string of the molecule is COc1cccc(-c2nc(-c3cccc4c3CC[C@@]43CC(=O)N(CCO)C3)no2)c1.COc1cccc(-c2nc(-c3cccc4c3CC[C@]43CC(=O)N(CCO)C3)no2)c1.COc1ccccc1-c1nc(-c2cccc3c2CC[C@@]32CC(=O)N(CCO)C2)no1.COc1ccccc1-c1nc(-c2cccc3c2CC[C@]32CC(=O)N(CCO)C2)no1. The first-order chi connectivity index (χ1) is 58.6. The summed E-state index contributed by atoms with van der Waals surface area (Å²) in [6.45, 7) is 4.15. The van der Waals surface area contributed by atoms with Crippen molar-refractivity contribution in [3.8, 4) is 114 Å². The van der Waals surface area contributed by atoms with E-state index < -0.39 is 0 Å². The van der Waals surface area contributed by atoms with Crippen LogP contribution in [0, 0.1) is 0 Å². The number of nitrogens with zero attached hydrogens (tertiary/aromatic N) is 12. The molecule has 4 spiro atoms. The first-order valence-electron chi connectivity index (χ1n) is 40.5.